The first-order chi connectivity index (χ1) is 4.76. The molecule has 0 unspecified atom stereocenters. The van der Waals surface area contributed by atoms with E-state index in [1.165, 1.54) is 7.11 Å². The van der Waals surface area contributed by atoms with Crippen molar-refractivity contribution in [2.75, 3.05) is 7.11 Å². The summed E-state index contributed by atoms with van der Waals surface area (Å²) in [5.74, 6) is -0.0667. The molecule has 0 aromatic carbocycles. The molecule has 1 heterocycles. The van der Waals surface area contributed by atoms with Crippen LogP contribution in [0.1, 0.15) is 12.8 Å². The predicted molar refractivity (Wildman–Crippen MR) is 32.3 cm³/mol. The molecule has 1 aliphatic heterocycles. The van der Waals surface area contributed by atoms with Crippen LogP contribution in [0.25, 0.3) is 0 Å². The van der Waals surface area contributed by atoms with E-state index >= 15 is 0 Å². The zero-order valence-electron chi connectivity index (χ0n) is 5.70. The van der Waals surface area contributed by atoms with Crippen LogP contribution in [0.2, 0.25) is 0 Å². The number of carbonyl (C=O) groups is 1. The van der Waals surface area contributed by atoms with Crippen LogP contribution < -0.4 is 0 Å². The van der Waals surface area contributed by atoms with Crippen LogP contribution in [0.15, 0.2) is 10.2 Å². The summed E-state index contributed by atoms with van der Waals surface area (Å²) in [5, 5.41) is 7.65. The second-order valence-corrected chi connectivity index (χ2v) is 2.81. The average Bonchev–Trinajstić information content (AvgIpc) is 2.61. The Morgan fingerprint density at radius 3 is 2.60 bits per heavy atom. The molecule has 0 N–H and O–H groups in total. The predicted octanol–water partition coefficient (Wildman–Crippen LogP) is 0.731. The van der Waals surface area contributed by atoms with Crippen molar-refractivity contribution in [3.63, 3.8) is 0 Å². The Kier molecular flexibility index (Phi) is 0.910. The first kappa shape index (κ1) is 5.82. The van der Waals surface area contributed by atoms with Crippen LogP contribution in [0.3, 0.4) is 0 Å². The Morgan fingerprint density at radius 1 is 1.60 bits per heavy atom. The fourth-order valence-corrected chi connectivity index (χ4v) is 1.30. The number of esters is 1. The van der Waals surface area contributed by atoms with Crippen molar-refractivity contribution in [2.45, 2.75) is 18.5 Å². The molecule has 1 fully saturated rings. The van der Waals surface area contributed by atoms with Crippen LogP contribution in [0, 0.1) is 5.92 Å². The molecule has 0 radical (unpaired) electrons. The number of carbonyl (C=O) groups excluding carboxylic acids is 1. The summed E-state index contributed by atoms with van der Waals surface area (Å²) in [7, 11) is 1.41. The normalized spacial score (nSPS) is 26.1. The van der Waals surface area contributed by atoms with Crippen molar-refractivity contribution < 1.29 is 9.53 Å². The lowest BCUT2D eigenvalue weighted by Crippen LogP contribution is -2.37. The number of hydrogen-bond donors (Lipinski definition) is 0. The van der Waals surface area contributed by atoms with E-state index in [4.69, 9.17) is 0 Å². The summed E-state index contributed by atoms with van der Waals surface area (Å²) in [4.78, 5) is 10.8. The standard InChI is InChI=1S/C6H8N2O2/c1-10-5(9)4-2-6(3-4)7-8-6/h4H,2-3H2,1H3. The molecule has 54 valence electrons. The molecule has 1 spiro atoms. The van der Waals surface area contributed by atoms with Gasteiger partial charge in [0.15, 0.2) is 5.66 Å². The molecular weight excluding hydrogens is 132 g/mol. The van der Waals surface area contributed by atoms with Gasteiger partial charge < -0.3 is 4.74 Å². The second-order valence-electron chi connectivity index (χ2n) is 2.81. The number of methoxy groups -OCH3 is 1. The van der Waals surface area contributed by atoms with E-state index in [9.17, 15) is 4.79 Å². The highest BCUT2D eigenvalue weighted by Crippen LogP contribution is 2.50. The van der Waals surface area contributed by atoms with E-state index in [2.05, 4.69) is 15.0 Å². The van der Waals surface area contributed by atoms with Crippen LogP contribution >= 0.6 is 0 Å². The Balaban J connectivity index is 1.84. The zero-order chi connectivity index (χ0) is 7.19. The molecular formula is C6H8N2O2. The summed E-state index contributed by atoms with van der Waals surface area (Å²) >= 11 is 0. The van der Waals surface area contributed by atoms with E-state index < -0.39 is 0 Å². The van der Waals surface area contributed by atoms with E-state index in [-0.39, 0.29) is 17.6 Å². The summed E-state index contributed by atoms with van der Waals surface area (Å²) in [5.41, 5.74) is -0.126. The Hall–Kier alpha value is -0.930. The van der Waals surface area contributed by atoms with Crippen molar-refractivity contribution >= 4 is 5.97 Å². The smallest absolute Gasteiger partial charge is 0.308 e. The molecule has 4 heteroatoms. The van der Waals surface area contributed by atoms with Gasteiger partial charge in [-0.2, -0.15) is 10.2 Å². The third-order valence-corrected chi connectivity index (χ3v) is 2.06. The summed E-state index contributed by atoms with van der Waals surface area (Å²) in [6, 6.07) is 0. The molecule has 0 saturated heterocycles. The first-order valence-corrected chi connectivity index (χ1v) is 3.28. The van der Waals surface area contributed by atoms with Gasteiger partial charge in [-0.05, 0) is 0 Å². The number of hydrogen-bond acceptors (Lipinski definition) is 4. The van der Waals surface area contributed by atoms with Gasteiger partial charge >= 0.3 is 5.97 Å². The zero-order valence-corrected chi connectivity index (χ0v) is 5.70. The Labute approximate surface area is 58.3 Å². The van der Waals surface area contributed by atoms with Crippen molar-refractivity contribution in [1.82, 2.24) is 0 Å². The molecule has 4 nitrogen and oxygen atoms in total. The van der Waals surface area contributed by atoms with Crippen molar-refractivity contribution in [3.05, 3.63) is 0 Å². The third kappa shape index (κ3) is 0.647. The highest BCUT2D eigenvalue weighted by molar-refractivity contribution is 5.74. The Bertz CT molecular complexity index is 198. The van der Waals surface area contributed by atoms with E-state index in [1.54, 1.807) is 0 Å². The molecule has 0 atom stereocenters. The highest BCUT2D eigenvalue weighted by atomic mass is 16.5. The Morgan fingerprint density at radius 2 is 2.20 bits per heavy atom. The molecule has 0 amide bonds. The fraction of sp³-hybridized carbons (Fsp3) is 0.833. The first-order valence-electron chi connectivity index (χ1n) is 3.28. The number of rotatable bonds is 1. The van der Waals surface area contributed by atoms with Crippen molar-refractivity contribution in [3.8, 4) is 0 Å². The number of ether oxygens (including phenoxy) is 1. The van der Waals surface area contributed by atoms with Gasteiger partial charge in [-0.25, -0.2) is 0 Å². The largest absolute Gasteiger partial charge is 0.469 e. The summed E-state index contributed by atoms with van der Waals surface area (Å²) in [6.07, 6.45) is 1.53. The van der Waals surface area contributed by atoms with Gasteiger partial charge in [0.1, 0.15) is 0 Å². The minimum Gasteiger partial charge on any atom is -0.469 e. The van der Waals surface area contributed by atoms with Gasteiger partial charge in [-0.1, -0.05) is 0 Å². The summed E-state index contributed by atoms with van der Waals surface area (Å²) in [6.45, 7) is 0. The molecule has 10 heavy (non-hydrogen) atoms. The van der Waals surface area contributed by atoms with E-state index in [0.717, 1.165) is 12.8 Å². The van der Waals surface area contributed by atoms with Crippen LogP contribution in [0.5, 0.6) is 0 Å². The SMILES string of the molecule is COC(=O)C1CC2(C1)N=N2. The van der Waals surface area contributed by atoms with Crippen LogP contribution in [-0.2, 0) is 9.53 Å². The summed E-state index contributed by atoms with van der Waals surface area (Å²) < 4.78 is 4.55. The average molecular weight is 140 g/mol. The maximum atomic E-state index is 10.8. The molecule has 0 aromatic heterocycles. The van der Waals surface area contributed by atoms with Crippen molar-refractivity contribution in [1.29, 1.82) is 0 Å². The molecule has 0 bridgehead atoms. The molecule has 1 saturated carbocycles. The second kappa shape index (κ2) is 1.56. The van der Waals surface area contributed by atoms with Gasteiger partial charge in [0.25, 0.3) is 0 Å². The topological polar surface area (TPSA) is 51.0 Å². The fourth-order valence-electron chi connectivity index (χ4n) is 1.30. The highest BCUT2D eigenvalue weighted by Gasteiger charge is 2.55. The molecule has 1 aliphatic carbocycles. The number of nitrogens with zero attached hydrogens (tertiary/aromatic N) is 2. The molecule has 2 rings (SSSR count). The van der Waals surface area contributed by atoms with Crippen molar-refractivity contribution in [2.24, 2.45) is 16.1 Å². The lowest BCUT2D eigenvalue weighted by molar-refractivity contribution is -0.149. The maximum absolute atomic E-state index is 10.8. The van der Waals surface area contributed by atoms with Gasteiger partial charge in [-0.15, -0.1) is 0 Å². The van der Waals surface area contributed by atoms with E-state index in [1.807, 2.05) is 0 Å². The van der Waals surface area contributed by atoms with Gasteiger partial charge in [0.2, 0.25) is 0 Å². The molecule has 0 aromatic rings. The molecule has 2 aliphatic rings. The lowest BCUT2D eigenvalue weighted by atomic mass is 9.77. The maximum Gasteiger partial charge on any atom is 0.308 e. The van der Waals surface area contributed by atoms with Gasteiger partial charge in [0.05, 0.1) is 13.0 Å². The van der Waals surface area contributed by atoms with Gasteiger partial charge in [-0.3, -0.25) is 4.79 Å². The quantitative estimate of drug-likeness (QED) is 0.504. The van der Waals surface area contributed by atoms with E-state index in [0.29, 0.717) is 0 Å². The minimum atomic E-state index is -0.126. The van der Waals surface area contributed by atoms with Crippen LogP contribution in [-0.4, -0.2) is 18.7 Å². The van der Waals surface area contributed by atoms with Crippen LogP contribution in [0.4, 0.5) is 0 Å². The monoisotopic (exact) mass is 140 g/mol. The van der Waals surface area contributed by atoms with Gasteiger partial charge in [0, 0.05) is 12.8 Å². The third-order valence-electron chi connectivity index (χ3n) is 2.06. The minimum absolute atomic E-state index is 0.0556. The lowest BCUT2D eigenvalue weighted by Gasteiger charge is -2.28.